The average molecular weight is 260 g/mol. The minimum atomic E-state index is -0.156. The summed E-state index contributed by atoms with van der Waals surface area (Å²) in [5.74, 6) is 0.0979. The molecule has 0 bridgehead atoms. The van der Waals surface area contributed by atoms with Crippen molar-refractivity contribution in [1.29, 1.82) is 0 Å². The normalized spacial score (nSPS) is 27.2. The summed E-state index contributed by atoms with van der Waals surface area (Å²) >= 11 is 0. The highest BCUT2D eigenvalue weighted by Gasteiger charge is 2.41. The van der Waals surface area contributed by atoms with E-state index in [0.29, 0.717) is 13.1 Å². The number of nitrogens with zero attached hydrogens (tertiary/aromatic N) is 1. The molecule has 4 heteroatoms. The van der Waals surface area contributed by atoms with E-state index in [1.54, 1.807) is 0 Å². The van der Waals surface area contributed by atoms with Gasteiger partial charge in [-0.15, -0.1) is 0 Å². The summed E-state index contributed by atoms with van der Waals surface area (Å²) in [5.41, 5.74) is 2.30. The van der Waals surface area contributed by atoms with Crippen LogP contribution in [0.5, 0.6) is 0 Å². The van der Waals surface area contributed by atoms with Gasteiger partial charge in [-0.3, -0.25) is 4.79 Å². The van der Waals surface area contributed by atoms with E-state index in [0.717, 1.165) is 19.5 Å². The van der Waals surface area contributed by atoms with Gasteiger partial charge in [-0.1, -0.05) is 24.3 Å². The molecule has 2 aliphatic heterocycles. The first-order valence-corrected chi connectivity index (χ1v) is 6.86. The minimum Gasteiger partial charge on any atom is -0.362 e. The summed E-state index contributed by atoms with van der Waals surface area (Å²) in [5, 5.41) is 3.33. The van der Waals surface area contributed by atoms with Crippen molar-refractivity contribution in [3.63, 3.8) is 0 Å². The van der Waals surface area contributed by atoms with Crippen molar-refractivity contribution in [1.82, 2.24) is 10.2 Å². The number of hydrogen-bond donors (Lipinski definition) is 1. The van der Waals surface area contributed by atoms with Crippen LogP contribution in [-0.4, -0.2) is 42.6 Å². The minimum absolute atomic E-state index is 0.0979. The molecule has 2 fully saturated rings. The molecule has 1 aromatic rings. The SMILES string of the molecule is Cc1ccccc1CN1CC2(CCNC2)OCC1=O. The molecule has 102 valence electrons. The fourth-order valence-electron chi connectivity index (χ4n) is 2.90. The van der Waals surface area contributed by atoms with Gasteiger partial charge >= 0.3 is 0 Å². The molecule has 2 saturated heterocycles. The Balaban J connectivity index is 1.75. The van der Waals surface area contributed by atoms with Crippen molar-refractivity contribution >= 4 is 5.91 Å². The Kier molecular flexibility index (Phi) is 3.29. The molecule has 2 heterocycles. The molecule has 1 spiro atoms. The van der Waals surface area contributed by atoms with Crippen LogP contribution in [0.25, 0.3) is 0 Å². The molecule has 1 amide bonds. The van der Waals surface area contributed by atoms with Gasteiger partial charge in [0.25, 0.3) is 0 Å². The fourth-order valence-corrected chi connectivity index (χ4v) is 2.90. The maximum atomic E-state index is 12.0. The number of amides is 1. The Hall–Kier alpha value is -1.39. The number of aryl methyl sites for hydroxylation is 1. The number of morpholine rings is 1. The second-order valence-electron chi connectivity index (χ2n) is 5.57. The van der Waals surface area contributed by atoms with Crippen LogP contribution in [0.3, 0.4) is 0 Å². The van der Waals surface area contributed by atoms with Crippen molar-refractivity contribution in [2.45, 2.75) is 25.5 Å². The zero-order chi connectivity index (χ0) is 13.3. The standard InChI is InChI=1S/C15H20N2O2/c1-12-4-2-3-5-13(12)8-17-11-15(6-7-16-10-15)19-9-14(17)18/h2-5,16H,6-11H2,1H3. The van der Waals surface area contributed by atoms with Gasteiger partial charge in [-0.05, 0) is 31.0 Å². The lowest BCUT2D eigenvalue weighted by atomic mass is 9.99. The van der Waals surface area contributed by atoms with Crippen LogP contribution in [0.2, 0.25) is 0 Å². The lowest BCUT2D eigenvalue weighted by Gasteiger charge is -2.39. The van der Waals surface area contributed by atoms with Crippen molar-refractivity contribution in [2.24, 2.45) is 0 Å². The van der Waals surface area contributed by atoms with Crippen molar-refractivity contribution in [3.05, 3.63) is 35.4 Å². The quantitative estimate of drug-likeness (QED) is 0.865. The number of nitrogens with one attached hydrogen (secondary N) is 1. The third kappa shape index (κ3) is 2.51. The Bertz CT molecular complexity index is 481. The largest absolute Gasteiger partial charge is 0.362 e. The lowest BCUT2D eigenvalue weighted by Crippen LogP contribution is -2.55. The topological polar surface area (TPSA) is 41.6 Å². The summed E-state index contributed by atoms with van der Waals surface area (Å²) in [6, 6.07) is 8.24. The van der Waals surface area contributed by atoms with Gasteiger partial charge in [0.05, 0.1) is 12.1 Å². The number of hydrogen-bond acceptors (Lipinski definition) is 3. The third-order valence-corrected chi connectivity index (χ3v) is 4.16. The highest BCUT2D eigenvalue weighted by molar-refractivity contribution is 5.78. The first kappa shape index (κ1) is 12.6. The monoisotopic (exact) mass is 260 g/mol. The van der Waals surface area contributed by atoms with Crippen molar-refractivity contribution in [2.75, 3.05) is 26.2 Å². The molecule has 0 aliphatic carbocycles. The average Bonchev–Trinajstić information content (AvgIpc) is 2.85. The van der Waals surface area contributed by atoms with Crippen LogP contribution < -0.4 is 5.32 Å². The van der Waals surface area contributed by atoms with Crippen LogP contribution in [0, 0.1) is 6.92 Å². The first-order valence-electron chi connectivity index (χ1n) is 6.86. The maximum Gasteiger partial charge on any atom is 0.249 e. The van der Waals surface area contributed by atoms with Crippen molar-refractivity contribution in [3.8, 4) is 0 Å². The molecule has 0 saturated carbocycles. The molecule has 4 nitrogen and oxygen atoms in total. The zero-order valence-electron chi connectivity index (χ0n) is 11.3. The van der Waals surface area contributed by atoms with Gasteiger partial charge in [0.15, 0.2) is 0 Å². The van der Waals surface area contributed by atoms with Crippen LogP contribution in [0.4, 0.5) is 0 Å². The van der Waals surface area contributed by atoms with E-state index in [2.05, 4.69) is 24.4 Å². The number of benzene rings is 1. The second-order valence-corrected chi connectivity index (χ2v) is 5.57. The maximum absolute atomic E-state index is 12.0. The van der Waals surface area contributed by atoms with Crippen LogP contribution in [-0.2, 0) is 16.1 Å². The Morgan fingerprint density at radius 1 is 1.42 bits per heavy atom. The summed E-state index contributed by atoms with van der Waals surface area (Å²) in [6.45, 7) is 5.53. The third-order valence-electron chi connectivity index (χ3n) is 4.16. The molecule has 19 heavy (non-hydrogen) atoms. The Morgan fingerprint density at radius 2 is 2.26 bits per heavy atom. The van der Waals surface area contributed by atoms with Crippen molar-refractivity contribution < 1.29 is 9.53 Å². The highest BCUT2D eigenvalue weighted by Crippen LogP contribution is 2.26. The van der Waals surface area contributed by atoms with E-state index < -0.39 is 0 Å². The van der Waals surface area contributed by atoms with Crippen LogP contribution in [0.15, 0.2) is 24.3 Å². The number of rotatable bonds is 2. The summed E-state index contributed by atoms with van der Waals surface area (Å²) in [6.07, 6.45) is 0.991. The predicted octanol–water partition coefficient (Wildman–Crippen LogP) is 1.09. The smallest absolute Gasteiger partial charge is 0.249 e. The molecule has 1 unspecified atom stereocenters. The highest BCUT2D eigenvalue weighted by atomic mass is 16.5. The molecular weight excluding hydrogens is 240 g/mol. The van der Waals surface area contributed by atoms with Gasteiger partial charge in [0.2, 0.25) is 5.91 Å². The number of carbonyl (C=O) groups is 1. The van der Waals surface area contributed by atoms with Gasteiger partial charge in [0.1, 0.15) is 6.61 Å². The van der Waals surface area contributed by atoms with E-state index in [4.69, 9.17) is 4.74 Å². The number of ether oxygens (including phenoxy) is 1. The molecule has 0 aromatic heterocycles. The van der Waals surface area contributed by atoms with E-state index in [-0.39, 0.29) is 18.1 Å². The Morgan fingerprint density at radius 3 is 3.00 bits per heavy atom. The van der Waals surface area contributed by atoms with Crippen LogP contribution >= 0.6 is 0 Å². The van der Waals surface area contributed by atoms with E-state index in [1.807, 2.05) is 17.0 Å². The fraction of sp³-hybridized carbons (Fsp3) is 0.533. The number of carbonyl (C=O) groups excluding carboxylic acids is 1. The predicted molar refractivity (Wildman–Crippen MR) is 72.8 cm³/mol. The summed E-state index contributed by atoms with van der Waals surface area (Å²) in [7, 11) is 0. The zero-order valence-corrected chi connectivity index (χ0v) is 11.3. The second kappa shape index (κ2) is 4.94. The van der Waals surface area contributed by atoms with Gasteiger partial charge in [0, 0.05) is 13.1 Å². The summed E-state index contributed by atoms with van der Waals surface area (Å²) in [4.78, 5) is 14.0. The molecule has 0 radical (unpaired) electrons. The van der Waals surface area contributed by atoms with E-state index >= 15 is 0 Å². The van der Waals surface area contributed by atoms with Gasteiger partial charge in [-0.25, -0.2) is 0 Å². The molecule has 1 atom stereocenters. The molecule has 3 rings (SSSR count). The molecule has 1 N–H and O–H groups in total. The van der Waals surface area contributed by atoms with E-state index in [9.17, 15) is 4.79 Å². The van der Waals surface area contributed by atoms with E-state index in [1.165, 1.54) is 11.1 Å². The van der Waals surface area contributed by atoms with Gasteiger partial charge in [-0.2, -0.15) is 0 Å². The van der Waals surface area contributed by atoms with Crippen LogP contribution in [0.1, 0.15) is 17.5 Å². The molecule has 1 aromatic carbocycles. The van der Waals surface area contributed by atoms with Gasteiger partial charge < -0.3 is 15.0 Å². The molecular formula is C15H20N2O2. The first-order chi connectivity index (χ1) is 9.19. The summed E-state index contributed by atoms with van der Waals surface area (Å²) < 4.78 is 5.78. The Labute approximate surface area is 113 Å². The lowest BCUT2D eigenvalue weighted by molar-refractivity contribution is -0.161. The molecule has 2 aliphatic rings.